The Morgan fingerprint density at radius 3 is 2.76 bits per heavy atom. The van der Waals surface area contributed by atoms with E-state index in [1.54, 1.807) is 11.8 Å². The Kier molecular flexibility index (Phi) is 4.56. The van der Waals surface area contributed by atoms with Crippen molar-refractivity contribution < 1.29 is 9.32 Å². The minimum absolute atomic E-state index is 0.0455. The zero-order chi connectivity index (χ0) is 19.8. The number of nitrogens with zero attached hydrogens (tertiary/aromatic N) is 3. The Bertz CT molecular complexity index is 1200. The smallest absolute Gasteiger partial charge is 0.259 e. The molecule has 0 N–H and O–H groups in total. The second-order valence-corrected chi connectivity index (χ2v) is 8.13. The Balaban J connectivity index is 1.68. The second-order valence-electron chi connectivity index (χ2n) is 7.00. The van der Waals surface area contributed by atoms with Crippen LogP contribution in [-0.2, 0) is 0 Å². The van der Waals surface area contributed by atoms with E-state index in [4.69, 9.17) is 4.52 Å². The largest absolute Gasteiger partial charge is 0.335 e. The second kappa shape index (κ2) is 7.37. The Morgan fingerprint density at radius 1 is 1.10 bits per heavy atom. The van der Waals surface area contributed by atoms with Crippen molar-refractivity contribution in [1.29, 1.82) is 0 Å². The summed E-state index contributed by atoms with van der Waals surface area (Å²) < 4.78 is 5.45. The highest BCUT2D eigenvalue weighted by Gasteiger charge is 2.27. The van der Waals surface area contributed by atoms with Crippen LogP contribution in [-0.4, -0.2) is 28.3 Å². The molecule has 0 fully saturated rings. The molecule has 5 rings (SSSR count). The van der Waals surface area contributed by atoms with Gasteiger partial charge in [-0.05, 0) is 37.3 Å². The lowest BCUT2D eigenvalue weighted by Gasteiger charge is -2.23. The van der Waals surface area contributed by atoms with Gasteiger partial charge in [-0.3, -0.25) is 4.79 Å². The third kappa shape index (κ3) is 3.19. The van der Waals surface area contributed by atoms with Crippen molar-refractivity contribution in [3.63, 3.8) is 0 Å². The number of hydrogen-bond donors (Lipinski definition) is 0. The predicted molar refractivity (Wildman–Crippen MR) is 115 cm³/mol. The normalized spacial score (nSPS) is 13.9. The number of para-hydroxylation sites is 1. The molecule has 0 unspecified atom stereocenters. The van der Waals surface area contributed by atoms with Crippen molar-refractivity contribution in [2.24, 2.45) is 0 Å². The van der Waals surface area contributed by atoms with Crippen LogP contribution in [0.25, 0.3) is 22.4 Å². The van der Waals surface area contributed by atoms with E-state index in [1.165, 1.54) is 0 Å². The molecule has 29 heavy (non-hydrogen) atoms. The van der Waals surface area contributed by atoms with Gasteiger partial charge in [0.05, 0.1) is 28.0 Å². The summed E-state index contributed by atoms with van der Waals surface area (Å²) in [6.07, 6.45) is 0.938. The van der Waals surface area contributed by atoms with Crippen molar-refractivity contribution in [2.75, 3.05) is 17.2 Å². The lowest BCUT2D eigenvalue weighted by molar-refractivity contribution is 0.0988. The molecule has 0 aliphatic carbocycles. The molecule has 0 spiro atoms. The summed E-state index contributed by atoms with van der Waals surface area (Å²) in [4.78, 5) is 21.4. The third-order valence-electron chi connectivity index (χ3n) is 5.10. The van der Waals surface area contributed by atoms with E-state index in [-0.39, 0.29) is 5.91 Å². The summed E-state index contributed by atoms with van der Waals surface area (Å²) in [7, 11) is 0. The molecule has 0 saturated heterocycles. The lowest BCUT2D eigenvalue weighted by Crippen LogP contribution is -2.32. The maximum atomic E-state index is 13.8. The van der Waals surface area contributed by atoms with Gasteiger partial charge in [0, 0.05) is 17.0 Å². The minimum atomic E-state index is -0.0455. The highest BCUT2D eigenvalue weighted by atomic mass is 32.2. The topological polar surface area (TPSA) is 59.2 Å². The maximum Gasteiger partial charge on any atom is 0.259 e. The van der Waals surface area contributed by atoms with E-state index in [2.05, 4.69) is 16.2 Å². The number of carbonyl (C=O) groups excluding carboxylic acids is 1. The van der Waals surface area contributed by atoms with E-state index in [0.717, 1.165) is 28.3 Å². The van der Waals surface area contributed by atoms with Crippen LogP contribution >= 0.6 is 11.8 Å². The van der Waals surface area contributed by atoms with Crippen molar-refractivity contribution in [3.05, 3.63) is 71.9 Å². The van der Waals surface area contributed by atoms with Crippen molar-refractivity contribution in [1.82, 2.24) is 10.1 Å². The number of hydrogen-bond acceptors (Lipinski definition) is 5. The first kappa shape index (κ1) is 17.9. The standard InChI is InChI=1S/C23H19N3O2S/c1-15-21-17(14-18(24-22(21)28-25-15)16-8-3-2-4-9-16)23(27)26-12-7-13-29-20-11-6-5-10-19(20)26/h2-6,8-11,14H,7,12-13H2,1H3. The third-order valence-corrected chi connectivity index (χ3v) is 6.25. The van der Waals surface area contributed by atoms with Crippen LogP contribution in [0.3, 0.4) is 0 Å². The number of anilines is 1. The van der Waals surface area contributed by atoms with Crippen LogP contribution in [0.15, 0.2) is 70.1 Å². The van der Waals surface area contributed by atoms with Gasteiger partial charge in [0.15, 0.2) is 0 Å². The van der Waals surface area contributed by atoms with Crippen LogP contribution < -0.4 is 4.90 Å². The zero-order valence-corrected chi connectivity index (χ0v) is 16.8. The Morgan fingerprint density at radius 2 is 1.90 bits per heavy atom. The number of fused-ring (bicyclic) bond motifs is 2. The van der Waals surface area contributed by atoms with Crippen LogP contribution in [0.5, 0.6) is 0 Å². The highest BCUT2D eigenvalue weighted by Crippen LogP contribution is 2.36. The SMILES string of the molecule is Cc1noc2nc(-c3ccccc3)cc(C(=O)N3CCCSc4ccccc43)c12. The molecular formula is C23H19N3O2S. The molecule has 6 heteroatoms. The fraction of sp³-hybridized carbons (Fsp3) is 0.174. The van der Waals surface area contributed by atoms with Gasteiger partial charge in [0.2, 0.25) is 0 Å². The molecule has 144 valence electrons. The Hall–Kier alpha value is -3.12. The monoisotopic (exact) mass is 401 g/mol. The van der Waals surface area contributed by atoms with Crippen LogP contribution in [0.1, 0.15) is 22.5 Å². The number of aryl methyl sites for hydroxylation is 1. The molecule has 0 bridgehead atoms. The van der Waals surface area contributed by atoms with E-state index >= 15 is 0 Å². The van der Waals surface area contributed by atoms with Crippen LogP contribution in [0.2, 0.25) is 0 Å². The van der Waals surface area contributed by atoms with E-state index in [1.807, 2.05) is 66.4 Å². The fourth-order valence-electron chi connectivity index (χ4n) is 3.70. The highest BCUT2D eigenvalue weighted by molar-refractivity contribution is 7.99. The van der Waals surface area contributed by atoms with Gasteiger partial charge in [-0.25, -0.2) is 4.98 Å². The lowest BCUT2D eigenvalue weighted by atomic mass is 10.0. The van der Waals surface area contributed by atoms with Gasteiger partial charge in [-0.2, -0.15) is 0 Å². The molecular weight excluding hydrogens is 382 g/mol. The molecule has 4 aromatic rings. The molecule has 1 aliphatic heterocycles. The fourth-order valence-corrected chi connectivity index (χ4v) is 4.70. The van der Waals surface area contributed by atoms with E-state index in [0.29, 0.717) is 34.6 Å². The molecule has 3 heterocycles. The first-order chi connectivity index (χ1) is 14.2. The maximum absolute atomic E-state index is 13.8. The molecule has 0 atom stereocenters. The Labute approximate surface area is 172 Å². The van der Waals surface area contributed by atoms with Gasteiger partial charge in [-0.1, -0.05) is 47.6 Å². The number of pyridine rings is 1. The molecule has 0 saturated carbocycles. The van der Waals surface area contributed by atoms with Gasteiger partial charge in [-0.15, -0.1) is 11.8 Å². The van der Waals surface area contributed by atoms with Gasteiger partial charge in [0.25, 0.3) is 11.6 Å². The summed E-state index contributed by atoms with van der Waals surface area (Å²) in [5, 5.41) is 4.75. The number of thioether (sulfide) groups is 1. The first-order valence-corrected chi connectivity index (χ1v) is 10.6. The van der Waals surface area contributed by atoms with Gasteiger partial charge >= 0.3 is 0 Å². The molecule has 1 amide bonds. The summed E-state index contributed by atoms with van der Waals surface area (Å²) >= 11 is 1.80. The summed E-state index contributed by atoms with van der Waals surface area (Å²) in [5.41, 5.74) is 4.24. The predicted octanol–water partition coefficient (Wildman–Crippen LogP) is 5.34. The molecule has 2 aromatic heterocycles. The van der Waals surface area contributed by atoms with Crippen molar-refractivity contribution >= 4 is 34.5 Å². The van der Waals surface area contributed by atoms with Crippen molar-refractivity contribution in [3.8, 4) is 11.3 Å². The number of aromatic nitrogens is 2. The zero-order valence-electron chi connectivity index (χ0n) is 16.0. The van der Waals surface area contributed by atoms with Gasteiger partial charge < -0.3 is 9.42 Å². The molecule has 1 aliphatic rings. The minimum Gasteiger partial charge on any atom is -0.335 e. The average molecular weight is 401 g/mol. The summed E-state index contributed by atoms with van der Waals surface area (Å²) in [6.45, 7) is 2.52. The number of benzene rings is 2. The molecule has 5 nitrogen and oxygen atoms in total. The number of rotatable bonds is 2. The van der Waals surface area contributed by atoms with Crippen LogP contribution in [0, 0.1) is 6.92 Å². The molecule has 2 aromatic carbocycles. The van der Waals surface area contributed by atoms with E-state index in [9.17, 15) is 4.79 Å². The average Bonchev–Trinajstić information content (AvgIpc) is 3.01. The number of carbonyl (C=O) groups is 1. The van der Waals surface area contributed by atoms with Gasteiger partial charge in [0.1, 0.15) is 0 Å². The molecule has 0 radical (unpaired) electrons. The quantitative estimate of drug-likeness (QED) is 0.454. The van der Waals surface area contributed by atoms with Crippen molar-refractivity contribution in [2.45, 2.75) is 18.2 Å². The summed E-state index contributed by atoms with van der Waals surface area (Å²) in [6, 6.07) is 19.8. The first-order valence-electron chi connectivity index (χ1n) is 9.58. The van der Waals surface area contributed by atoms with Crippen LogP contribution in [0.4, 0.5) is 5.69 Å². The van der Waals surface area contributed by atoms with E-state index < -0.39 is 0 Å². The summed E-state index contributed by atoms with van der Waals surface area (Å²) in [5.74, 6) is 0.949. The number of amides is 1.